The highest BCUT2D eigenvalue weighted by Crippen LogP contribution is 2.65. The lowest BCUT2D eigenvalue weighted by Crippen LogP contribution is -2.60. The molecular formula is C109H124F6N3O8S7+. The van der Waals surface area contributed by atoms with Crippen LogP contribution in [0.15, 0.2) is 432 Å². The van der Waals surface area contributed by atoms with Crippen LogP contribution in [0.5, 0.6) is 0 Å². The number of fused-ring (bicyclic) bond motifs is 2. The first-order valence-corrected chi connectivity index (χ1v) is 54.5. The molecule has 24 heteroatoms. The number of benzene rings is 12. The summed E-state index contributed by atoms with van der Waals surface area (Å²) in [5.41, 5.74) is -0.0850. The van der Waals surface area contributed by atoms with Crippen LogP contribution >= 0.6 is 11.8 Å². The molecule has 0 saturated heterocycles. The number of ketones is 1. The lowest BCUT2D eigenvalue weighted by atomic mass is 9.67. The van der Waals surface area contributed by atoms with Crippen LogP contribution in [0.4, 0.5) is 26.3 Å². The molecule has 15 rings (SSSR count). The number of carbonyl (C=O) groups excluding carboxylic acids is 1. The van der Waals surface area contributed by atoms with Crippen LogP contribution in [-0.2, 0) is 68.5 Å². The lowest BCUT2D eigenvalue weighted by Gasteiger charge is -2.36. The maximum absolute atomic E-state index is 12.7. The van der Waals surface area contributed by atoms with E-state index in [0.717, 1.165) is 56.7 Å². The summed E-state index contributed by atoms with van der Waals surface area (Å²) in [7, 11) is -8.77. The van der Waals surface area contributed by atoms with Gasteiger partial charge in [0, 0.05) is 25.3 Å². The van der Waals surface area contributed by atoms with E-state index in [9.17, 15) is 62.7 Å². The number of thioether (sulfide) groups is 1. The lowest BCUT2D eigenvalue weighted by molar-refractivity contribution is -0.317. The molecule has 0 aromatic heterocycles. The average molecular weight is 1940 g/mol. The fraction of sp³-hybridized carbons (Fsp3) is 0.312. The third kappa shape index (κ3) is 34.9. The quantitative estimate of drug-likeness (QED) is 0.0109. The number of Topliss-reactive ketones (excluding diaryl/α,β-unsaturated/α-hetero) is 1. The van der Waals surface area contributed by atoms with Gasteiger partial charge in [-0.2, -0.15) is 30.7 Å². The van der Waals surface area contributed by atoms with Gasteiger partial charge in [-0.25, -0.2) is 16.8 Å². The van der Waals surface area contributed by atoms with Gasteiger partial charge in [-0.05, 0) is 233 Å². The highest BCUT2D eigenvalue weighted by molar-refractivity contribution is 8.10. The van der Waals surface area contributed by atoms with Gasteiger partial charge in [0.2, 0.25) is 10.0 Å². The summed E-state index contributed by atoms with van der Waals surface area (Å²) in [6.45, 7) is 13.2. The number of hydrogen-bond acceptors (Lipinski definition) is 11. The monoisotopic (exact) mass is 1940 g/mol. The predicted molar refractivity (Wildman–Crippen MR) is 535 cm³/mol. The SMILES string of the molecule is CC(F)(F)C(F)(F)C(F)(F)C([O-])=NS(C)(=O)=O.CCCCC([O-])=NCCC12CCC(CC1=O)C2(C)C.CCCCNCC.O=S(=O)([O-])CSCCC1CCCCC1.c1ccc([S+](c2ccccc2)c2ccccc2)cc1.c1ccc([S+](c2ccccc2)c2ccccc2)cc1.c1ccc([S+](c2ccccc2)c2ccccc2)cc1.c1ccc([S+](c2ccccc2)c2ccccc2)cc1. The van der Waals surface area contributed by atoms with Crippen LogP contribution in [0, 0.1) is 22.7 Å². The molecule has 3 aliphatic carbocycles. The van der Waals surface area contributed by atoms with E-state index < -0.39 is 50.7 Å². The number of sulfonamides is 1. The second-order valence-electron chi connectivity index (χ2n) is 32.5. The van der Waals surface area contributed by atoms with Crippen LogP contribution < -0.4 is 15.5 Å². The standard InChI is InChI=1S/4C18H15S.C16H27NO2.C9H18O3S2.C6H7F6NO3S.C6H15N/c4*1-4-10-16(11-5-1)19(17-12-6-2-7-13-17)18-14-8-3-9-15-18;1-4-5-6-14(19)17-10-9-16-8-7-12(11-13(16)18)15(16,2)3;10-14(11,12)8-13-7-6-9-4-2-1-3-5-9;1-4(7,8)6(11,12)5(9,10)3(14)13-17(2,15)16;1-3-5-6-7-4-2/h4*1-15H;12H,4-11H2,1-3H3,(H,17,19);9H,1-8H2,(H,10,11,12);1-2H3,(H,13,14);7H,3-6H2,1-2H3/q4*+1;;;;/p-3. The Kier molecular flexibility index (Phi) is 45.8. The molecule has 0 heterocycles. The van der Waals surface area contributed by atoms with Crippen LogP contribution in [0.3, 0.4) is 0 Å². The molecule has 2 atom stereocenters. The first kappa shape index (κ1) is 109. The van der Waals surface area contributed by atoms with Gasteiger partial charge < -0.3 is 25.1 Å². The average Bonchev–Trinajstić information content (AvgIpc) is 1.55. The second kappa shape index (κ2) is 56.0. The first-order chi connectivity index (χ1) is 63.9. The fourth-order valence-corrected chi connectivity index (χ4v) is 26.1. The van der Waals surface area contributed by atoms with Crippen molar-refractivity contribution in [2.75, 3.05) is 36.7 Å². The number of hydrogen-bond donors (Lipinski definition) is 1. The summed E-state index contributed by atoms with van der Waals surface area (Å²) in [6.07, 6.45) is 16.6. The van der Waals surface area contributed by atoms with Gasteiger partial charge in [0.15, 0.2) is 58.7 Å². The zero-order chi connectivity index (χ0) is 96.0. The Morgan fingerprint density at radius 2 is 0.737 bits per heavy atom. The number of rotatable bonds is 31. The van der Waals surface area contributed by atoms with Crippen LogP contribution in [0.1, 0.15) is 138 Å². The van der Waals surface area contributed by atoms with Crippen molar-refractivity contribution in [3.05, 3.63) is 364 Å². The molecule has 12 aromatic rings. The van der Waals surface area contributed by atoms with E-state index in [1.54, 1.807) is 4.40 Å². The van der Waals surface area contributed by atoms with Crippen molar-refractivity contribution in [3.63, 3.8) is 0 Å². The molecule has 3 saturated carbocycles. The molecule has 2 bridgehead atoms. The largest absolute Gasteiger partial charge is 0.862 e. The normalized spacial score (nSPS) is 15.4. The summed E-state index contributed by atoms with van der Waals surface area (Å²) < 4.78 is 128. The summed E-state index contributed by atoms with van der Waals surface area (Å²) in [5.74, 6) is -17.8. The molecule has 0 aliphatic heterocycles. The second-order valence-corrected chi connectivity index (χ2v) is 45.2. The third-order valence-corrected chi connectivity index (χ3v) is 34.3. The van der Waals surface area contributed by atoms with Gasteiger partial charge in [-0.15, -0.1) is 11.8 Å². The van der Waals surface area contributed by atoms with Gasteiger partial charge in [0.25, 0.3) is 0 Å². The Labute approximate surface area is 802 Å². The highest BCUT2D eigenvalue weighted by atomic mass is 32.3. The summed E-state index contributed by atoms with van der Waals surface area (Å²) in [6, 6.07) is 129. The Morgan fingerprint density at radius 3 is 0.962 bits per heavy atom. The maximum atomic E-state index is 12.7. The predicted octanol–water partition coefficient (Wildman–Crippen LogP) is 26.1. The van der Waals surface area contributed by atoms with Gasteiger partial charge in [0.05, 0.1) is 60.8 Å². The van der Waals surface area contributed by atoms with E-state index in [4.69, 9.17) is 0 Å². The molecule has 133 heavy (non-hydrogen) atoms. The zero-order valence-electron chi connectivity index (χ0n) is 76.7. The smallest absolute Gasteiger partial charge is 0.376 e. The molecule has 0 amide bonds. The Hall–Kier alpha value is -9.60. The number of halogens is 6. The zero-order valence-corrected chi connectivity index (χ0v) is 82.4. The summed E-state index contributed by atoms with van der Waals surface area (Å²) in [5, 5.41) is 25.0. The minimum absolute atomic E-state index is 0.0102. The van der Waals surface area contributed by atoms with E-state index in [-0.39, 0.29) is 71.6 Å². The minimum Gasteiger partial charge on any atom is -0.862 e. The van der Waals surface area contributed by atoms with Crippen molar-refractivity contribution in [1.29, 1.82) is 0 Å². The molecule has 3 fully saturated rings. The van der Waals surface area contributed by atoms with Crippen molar-refractivity contribution in [2.45, 2.75) is 214 Å². The van der Waals surface area contributed by atoms with E-state index >= 15 is 0 Å². The molecule has 0 radical (unpaired) electrons. The van der Waals surface area contributed by atoms with E-state index in [1.165, 1.54) is 128 Å². The van der Waals surface area contributed by atoms with Crippen molar-refractivity contribution in [2.24, 2.45) is 32.1 Å². The van der Waals surface area contributed by atoms with Crippen LogP contribution in [-0.4, -0.2) is 93.5 Å². The molecule has 0 spiro atoms. The molecule has 2 unspecified atom stereocenters. The molecule has 1 N–H and O–H groups in total. The number of nitrogens with one attached hydrogen (secondary N) is 1. The molecule has 12 aromatic carbocycles. The van der Waals surface area contributed by atoms with Gasteiger partial charge in [-0.1, -0.05) is 298 Å². The number of aliphatic imine (C=N–C) groups is 1. The maximum Gasteiger partial charge on any atom is 0.376 e. The fourth-order valence-electron chi connectivity index (χ4n) is 15.4. The topological polar surface area (TPSA) is 191 Å². The van der Waals surface area contributed by atoms with Crippen LogP contribution in [0.25, 0.3) is 0 Å². The van der Waals surface area contributed by atoms with E-state index in [2.05, 4.69) is 409 Å². The first-order valence-electron chi connectivity index (χ1n) is 45.0. The molecular weight excluding hydrogens is 1820 g/mol. The van der Waals surface area contributed by atoms with Crippen molar-refractivity contribution >= 4 is 93.1 Å². The molecule has 706 valence electrons. The Bertz CT molecular complexity index is 4700. The number of alkyl halides is 6. The Balaban J connectivity index is 0.000000189. The van der Waals surface area contributed by atoms with Crippen LogP contribution in [0.2, 0.25) is 0 Å². The Morgan fingerprint density at radius 1 is 0.451 bits per heavy atom. The van der Waals surface area contributed by atoms with E-state index in [0.29, 0.717) is 24.7 Å². The van der Waals surface area contributed by atoms with E-state index in [1.807, 2.05) is 0 Å². The molecule has 11 nitrogen and oxygen atoms in total. The number of unbranched alkanes of at least 4 members (excludes halogenated alkanes) is 2. The summed E-state index contributed by atoms with van der Waals surface area (Å²) >= 11 is 1.25. The van der Waals surface area contributed by atoms with Crippen molar-refractivity contribution in [3.8, 4) is 0 Å². The summed E-state index contributed by atoms with van der Waals surface area (Å²) in [4.78, 5) is 32.8. The minimum atomic E-state index is -6.05. The highest BCUT2D eigenvalue weighted by Gasteiger charge is 2.70. The van der Waals surface area contributed by atoms with Crippen molar-refractivity contribution < 1.29 is 62.7 Å². The number of carbonyl (C=O) groups is 1. The molecule has 3 aliphatic rings. The van der Waals surface area contributed by atoms with Gasteiger partial charge >= 0.3 is 17.8 Å². The third-order valence-electron chi connectivity index (χ3n) is 22.5. The van der Waals surface area contributed by atoms with Gasteiger partial charge in [0.1, 0.15) is 15.9 Å². The van der Waals surface area contributed by atoms with Gasteiger partial charge in [-0.3, -0.25) is 4.79 Å². The number of nitrogens with zero attached hydrogens (tertiary/aromatic N) is 2. The van der Waals surface area contributed by atoms with Crippen molar-refractivity contribution in [1.82, 2.24) is 5.32 Å².